The van der Waals surface area contributed by atoms with Gasteiger partial charge in [-0.1, -0.05) is 18.9 Å². The van der Waals surface area contributed by atoms with E-state index in [-0.39, 0.29) is 5.82 Å². The van der Waals surface area contributed by atoms with Gasteiger partial charge in [-0.15, -0.1) is 0 Å². The van der Waals surface area contributed by atoms with Crippen molar-refractivity contribution in [1.29, 1.82) is 0 Å². The average Bonchev–Trinajstić information content (AvgIpc) is 2.81. The van der Waals surface area contributed by atoms with Crippen molar-refractivity contribution in [3.05, 3.63) is 35.1 Å². The molecule has 1 aliphatic carbocycles. The van der Waals surface area contributed by atoms with Crippen LogP contribution in [0, 0.1) is 12.7 Å². The van der Waals surface area contributed by atoms with Crippen molar-refractivity contribution < 1.29 is 4.39 Å². The summed E-state index contributed by atoms with van der Waals surface area (Å²) in [6, 6.07) is 5.16. The molecule has 2 fully saturated rings. The second kappa shape index (κ2) is 5.22. The van der Waals surface area contributed by atoms with Crippen molar-refractivity contribution in [1.82, 2.24) is 10.2 Å². The third-order valence-electron chi connectivity index (χ3n) is 4.71. The summed E-state index contributed by atoms with van der Waals surface area (Å²) in [6.45, 7) is 6.28. The smallest absolute Gasteiger partial charge is 0.123 e. The summed E-state index contributed by atoms with van der Waals surface area (Å²) in [6.07, 6.45) is 5.34. The van der Waals surface area contributed by atoms with Crippen LogP contribution in [0.15, 0.2) is 18.2 Å². The van der Waals surface area contributed by atoms with Gasteiger partial charge in [-0.2, -0.15) is 0 Å². The zero-order valence-electron chi connectivity index (χ0n) is 11.7. The highest BCUT2D eigenvalue weighted by Gasteiger charge is 2.37. The van der Waals surface area contributed by atoms with Crippen molar-refractivity contribution in [2.75, 3.05) is 19.6 Å². The first-order valence-corrected chi connectivity index (χ1v) is 7.39. The van der Waals surface area contributed by atoms with E-state index in [1.54, 1.807) is 12.1 Å². The zero-order valence-corrected chi connectivity index (χ0v) is 11.7. The van der Waals surface area contributed by atoms with Gasteiger partial charge in [0.1, 0.15) is 5.82 Å². The van der Waals surface area contributed by atoms with Gasteiger partial charge in [-0.05, 0) is 43.0 Å². The fourth-order valence-corrected chi connectivity index (χ4v) is 3.64. The SMILES string of the molecule is Cc1cc(F)ccc1CN1CCNC2(CCCC2)C1. The lowest BCUT2D eigenvalue weighted by atomic mass is 9.94. The van der Waals surface area contributed by atoms with Crippen LogP contribution in [0.1, 0.15) is 36.8 Å². The molecule has 2 aliphatic rings. The Balaban J connectivity index is 1.69. The van der Waals surface area contributed by atoms with Gasteiger partial charge in [0.05, 0.1) is 0 Å². The Morgan fingerprint density at radius 1 is 1.32 bits per heavy atom. The predicted octanol–water partition coefficient (Wildman–Crippen LogP) is 2.85. The largest absolute Gasteiger partial charge is 0.309 e. The summed E-state index contributed by atoms with van der Waals surface area (Å²) in [4.78, 5) is 2.53. The molecule has 3 heteroatoms. The van der Waals surface area contributed by atoms with E-state index in [1.165, 1.54) is 31.2 Å². The molecule has 0 bridgehead atoms. The number of benzene rings is 1. The zero-order chi connectivity index (χ0) is 13.3. The van der Waals surface area contributed by atoms with Crippen LogP contribution in [-0.2, 0) is 6.54 Å². The van der Waals surface area contributed by atoms with E-state index in [4.69, 9.17) is 0 Å². The number of piperazine rings is 1. The van der Waals surface area contributed by atoms with Crippen LogP contribution in [0.3, 0.4) is 0 Å². The highest BCUT2D eigenvalue weighted by molar-refractivity contribution is 5.26. The van der Waals surface area contributed by atoms with Crippen LogP contribution in [-0.4, -0.2) is 30.1 Å². The molecule has 2 nitrogen and oxygen atoms in total. The maximum absolute atomic E-state index is 13.1. The molecule has 0 amide bonds. The molecule has 0 radical (unpaired) electrons. The standard InChI is InChI=1S/C16H23FN2/c1-13-10-15(17)5-4-14(13)11-19-9-8-18-16(12-19)6-2-3-7-16/h4-5,10,18H,2-3,6-9,11-12H2,1H3. The van der Waals surface area contributed by atoms with Crippen molar-refractivity contribution >= 4 is 0 Å². The van der Waals surface area contributed by atoms with Crippen LogP contribution < -0.4 is 5.32 Å². The molecule has 0 unspecified atom stereocenters. The minimum atomic E-state index is -0.131. The number of hydrogen-bond acceptors (Lipinski definition) is 2. The maximum Gasteiger partial charge on any atom is 0.123 e. The van der Waals surface area contributed by atoms with E-state index in [9.17, 15) is 4.39 Å². The molecular weight excluding hydrogens is 239 g/mol. The van der Waals surface area contributed by atoms with E-state index in [2.05, 4.69) is 10.2 Å². The molecule has 19 heavy (non-hydrogen) atoms. The highest BCUT2D eigenvalue weighted by Crippen LogP contribution is 2.32. The topological polar surface area (TPSA) is 15.3 Å². The lowest BCUT2D eigenvalue weighted by Gasteiger charge is -2.41. The van der Waals surface area contributed by atoms with Crippen LogP contribution in [0.25, 0.3) is 0 Å². The van der Waals surface area contributed by atoms with Crippen LogP contribution in [0.2, 0.25) is 0 Å². The fraction of sp³-hybridized carbons (Fsp3) is 0.625. The van der Waals surface area contributed by atoms with Gasteiger partial charge in [0, 0.05) is 31.7 Å². The first kappa shape index (κ1) is 13.1. The van der Waals surface area contributed by atoms with E-state index in [0.717, 1.165) is 31.7 Å². The molecule has 104 valence electrons. The van der Waals surface area contributed by atoms with Crippen LogP contribution in [0.4, 0.5) is 4.39 Å². The molecule has 0 aromatic heterocycles. The summed E-state index contributed by atoms with van der Waals surface area (Å²) >= 11 is 0. The second-order valence-corrected chi connectivity index (χ2v) is 6.20. The van der Waals surface area contributed by atoms with Gasteiger partial charge >= 0.3 is 0 Å². The Hall–Kier alpha value is -0.930. The summed E-state index contributed by atoms with van der Waals surface area (Å²) in [5, 5.41) is 3.73. The average molecular weight is 262 g/mol. The molecular formula is C16H23FN2. The molecule has 1 spiro atoms. The van der Waals surface area contributed by atoms with E-state index in [0.29, 0.717) is 5.54 Å². The Labute approximate surface area is 115 Å². The van der Waals surface area contributed by atoms with Gasteiger partial charge in [-0.25, -0.2) is 4.39 Å². The molecule has 1 N–H and O–H groups in total. The van der Waals surface area contributed by atoms with Crippen molar-refractivity contribution in [2.24, 2.45) is 0 Å². The van der Waals surface area contributed by atoms with Crippen molar-refractivity contribution in [3.8, 4) is 0 Å². The normalized spacial score (nSPS) is 23.1. The molecule has 1 aliphatic heterocycles. The van der Waals surface area contributed by atoms with Gasteiger partial charge < -0.3 is 5.32 Å². The lowest BCUT2D eigenvalue weighted by molar-refractivity contribution is 0.128. The Bertz CT molecular complexity index is 452. The molecule has 3 rings (SSSR count). The summed E-state index contributed by atoms with van der Waals surface area (Å²) in [5.41, 5.74) is 2.70. The third-order valence-corrected chi connectivity index (χ3v) is 4.71. The summed E-state index contributed by atoms with van der Waals surface area (Å²) < 4.78 is 13.1. The first-order valence-electron chi connectivity index (χ1n) is 7.39. The van der Waals surface area contributed by atoms with Gasteiger partial charge in [0.25, 0.3) is 0 Å². The Morgan fingerprint density at radius 3 is 2.84 bits per heavy atom. The number of rotatable bonds is 2. The number of hydrogen-bond donors (Lipinski definition) is 1. The first-order chi connectivity index (χ1) is 9.17. The Morgan fingerprint density at radius 2 is 2.11 bits per heavy atom. The summed E-state index contributed by atoms with van der Waals surface area (Å²) in [5.74, 6) is -0.131. The second-order valence-electron chi connectivity index (χ2n) is 6.20. The molecule has 1 aromatic rings. The van der Waals surface area contributed by atoms with Crippen LogP contribution >= 0.6 is 0 Å². The monoisotopic (exact) mass is 262 g/mol. The van der Waals surface area contributed by atoms with Gasteiger partial charge in [0.15, 0.2) is 0 Å². The third kappa shape index (κ3) is 2.82. The van der Waals surface area contributed by atoms with E-state index in [1.807, 2.05) is 13.0 Å². The molecule has 0 atom stereocenters. The van der Waals surface area contributed by atoms with Crippen molar-refractivity contribution in [2.45, 2.75) is 44.7 Å². The molecule has 1 aromatic carbocycles. The number of nitrogens with zero attached hydrogens (tertiary/aromatic N) is 1. The number of halogens is 1. The maximum atomic E-state index is 13.1. The minimum absolute atomic E-state index is 0.131. The fourth-order valence-electron chi connectivity index (χ4n) is 3.64. The van der Waals surface area contributed by atoms with Crippen LogP contribution in [0.5, 0.6) is 0 Å². The summed E-state index contributed by atoms with van der Waals surface area (Å²) in [7, 11) is 0. The lowest BCUT2D eigenvalue weighted by Crippen LogP contribution is -2.58. The highest BCUT2D eigenvalue weighted by atomic mass is 19.1. The number of aryl methyl sites for hydroxylation is 1. The minimum Gasteiger partial charge on any atom is -0.309 e. The van der Waals surface area contributed by atoms with Crippen molar-refractivity contribution in [3.63, 3.8) is 0 Å². The number of nitrogens with one attached hydrogen (secondary N) is 1. The molecule has 1 heterocycles. The van der Waals surface area contributed by atoms with Gasteiger partial charge in [-0.3, -0.25) is 4.90 Å². The molecule has 1 saturated carbocycles. The molecule has 1 saturated heterocycles. The quantitative estimate of drug-likeness (QED) is 0.881. The Kier molecular flexibility index (Phi) is 3.59. The predicted molar refractivity (Wildman–Crippen MR) is 75.6 cm³/mol. The van der Waals surface area contributed by atoms with E-state index < -0.39 is 0 Å². The van der Waals surface area contributed by atoms with Gasteiger partial charge in [0.2, 0.25) is 0 Å². The van der Waals surface area contributed by atoms with E-state index >= 15 is 0 Å².